The third kappa shape index (κ3) is 4.10. The van der Waals surface area contributed by atoms with Crippen LogP contribution in [0.2, 0.25) is 0 Å². The van der Waals surface area contributed by atoms with Crippen molar-refractivity contribution in [3.63, 3.8) is 0 Å². The lowest BCUT2D eigenvalue weighted by molar-refractivity contribution is -0.154. The van der Waals surface area contributed by atoms with Gasteiger partial charge in [-0.2, -0.15) is 0 Å². The van der Waals surface area contributed by atoms with Gasteiger partial charge in [-0.05, 0) is 19.1 Å². The Morgan fingerprint density at radius 2 is 2.00 bits per heavy atom. The Morgan fingerprint density at radius 1 is 1.35 bits per heavy atom. The fourth-order valence-corrected chi connectivity index (χ4v) is 1.83. The van der Waals surface area contributed by atoms with Crippen molar-refractivity contribution >= 4 is 29.2 Å². The maximum absolute atomic E-state index is 11.7. The molecule has 1 aromatic rings. The van der Waals surface area contributed by atoms with E-state index in [9.17, 15) is 4.79 Å². The van der Waals surface area contributed by atoms with Crippen LogP contribution in [0.5, 0.6) is 5.75 Å². The lowest BCUT2D eigenvalue weighted by atomic mass is 10.2. The van der Waals surface area contributed by atoms with E-state index in [1.54, 1.807) is 31.2 Å². The molecule has 0 amide bonds. The highest BCUT2D eigenvalue weighted by atomic mass is 35.5. The van der Waals surface area contributed by atoms with E-state index in [0.29, 0.717) is 5.75 Å². The van der Waals surface area contributed by atoms with E-state index in [-0.39, 0.29) is 18.9 Å². The molecular weight excluding hydrogens is 263 g/mol. The second kappa shape index (κ2) is 6.72. The Labute approximate surface area is 111 Å². The van der Waals surface area contributed by atoms with Gasteiger partial charge < -0.3 is 9.47 Å². The van der Waals surface area contributed by atoms with E-state index in [4.69, 9.17) is 32.7 Å². The number of alkyl halides is 2. The maximum Gasteiger partial charge on any atom is 0.366 e. The lowest BCUT2D eigenvalue weighted by Crippen LogP contribution is -2.41. The number of hydrogen-bond donors (Lipinski definition) is 0. The lowest BCUT2D eigenvalue weighted by Gasteiger charge is -2.25. The van der Waals surface area contributed by atoms with Crippen LogP contribution in [-0.2, 0) is 9.53 Å². The standard InChI is InChI=1S/C12H14Cl2O3/c1-2-16-11(15)12(14,8-9-13)17-10-6-4-3-5-7-10/h3-7H,2,8-9H2,1H3. The van der Waals surface area contributed by atoms with Crippen molar-refractivity contribution in [3.05, 3.63) is 30.3 Å². The van der Waals surface area contributed by atoms with Crippen LogP contribution in [-0.4, -0.2) is 23.5 Å². The molecule has 1 atom stereocenters. The summed E-state index contributed by atoms with van der Waals surface area (Å²) in [6.45, 7) is 1.95. The molecule has 0 bridgehead atoms. The number of halogens is 2. The second-order valence-electron chi connectivity index (χ2n) is 3.30. The molecule has 0 spiro atoms. The highest BCUT2D eigenvalue weighted by Crippen LogP contribution is 2.27. The van der Waals surface area contributed by atoms with Gasteiger partial charge in [-0.1, -0.05) is 29.8 Å². The summed E-state index contributed by atoms with van der Waals surface area (Å²) in [5.74, 6) is 0.0849. The fraction of sp³-hybridized carbons (Fsp3) is 0.417. The van der Waals surface area contributed by atoms with Crippen molar-refractivity contribution in [2.75, 3.05) is 12.5 Å². The first-order valence-corrected chi connectivity index (χ1v) is 6.20. The van der Waals surface area contributed by atoms with E-state index < -0.39 is 11.0 Å². The number of benzene rings is 1. The van der Waals surface area contributed by atoms with Gasteiger partial charge in [-0.15, -0.1) is 11.6 Å². The Morgan fingerprint density at radius 3 is 2.53 bits per heavy atom. The summed E-state index contributed by atoms with van der Waals surface area (Å²) in [6.07, 6.45) is 0.170. The van der Waals surface area contributed by atoms with Gasteiger partial charge in [0.15, 0.2) is 0 Å². The van der Waals surface area contributed by atoms with Crippen molar-refractivity contribution in [2.45, 2.75) is 18.4 Å². The smallest absolute Gasteiger partial charge is 0.366 e. The molecule has 0 aliphatic heterocycles. The first-order valence-electron chi connectivity index (χ1n) is 5.28. The summed E-state index contributed by atoms with van der Waals surface area (Å²) in [5, 5.41) is -1.56. The third-order valence-electron chi connectivity index (χ3n) is 2.02. The van der Waals surface area contributed by atoms with Crippen molar-refractivity contribution in [3.8, 4) is 5.75 Å². The molecule has 0 heterocycles. The maximum atomic E-state index is 11.7. The number of carbonyl (C=O) groups excluding carboxylic acids is 1. The molecular formula is C12H14Cl2O3. The summed E-state index contributed by atoms with van der Waals surface area (Å²) in [6, 6.07) is 8.85. The summed E-state index contributed by atoms with van der Waals surface area (Å²) >= 11 is 11.7. The number of para-hydroxylation sites is 1. The molecule has 17 heavy (non-hydrogen) atoms. The van der Waals surface area contributed by atoms with Crippen LogP contribution in [0.3, 0.4) is 0 Å². The van der Waals surface area contributed by atoms with Gasteiger partial charge in [0.2, 0.25) is 0 Å². The first kappa shape index (κ1) is 14.1. The second-order valence-corrected chi connectivity index (χ2v) is 4.29. The summed E-state index contributed by atoms with van der Waals surface area (Å²) in [7, 11) is 0. The number of hydrogen-bond acceptors (Lipinski definition) is 3. The SMILES string of the molecule is CCOC(=O)C(Cl)(CCCl)Oc1ccccc1. The zero-order valence-electron chi connectivity index (χ0n) is 9.49. The number of rotatable bonds is 6. The molecule has 0 radical (unpaired) electrons. The van der Waals surface area contributed by atoms with Crippen LogP contribution in [0.15, 0.2) is 30.3 Å². The molecule has 1 rings (SSSR count). The van der Waals surface area contributed by atoms with Crippen molar-refractivity contribution in [1.29, 1.82) is 0 Å². The molecule has 0 aliphatic carbocycles. The predicted octanol–water partition coefficient (Wildman–Crippen LogP) is 3.19. The Bertz CT molecular complexity index is 356. The molecule has 1 aromatic carbocycles. The van der Waals surface area contributed by atoms with Crippen LogP contribution in [0.4, 0.5) is 0 Å². The van der Waals surface area contributed by atoms with Crippen molar-refractivity contribution < 1.29 is 14.3 Å². The van der Waals surface area contributed by atoms with Gasteiger partial charge in [0.1, 0.15) is 5.75 Å². The highest BCUT2D eigenvalue weighted by Gasteiger charge is 2.39. The summed E-state index contributed by atoms with van der Waals surface area (Å²) < 4.78 is 10.3. The molecule has 0 saturated heterocycles. The van der Waals surface area contributed by atoms with E-state index in [0.717, 1.165) is 0 Å². The normalized spacial score (nSPS) is 13.8. The average molecular weight is 277 g/mol. The molecule has 3 nitrogen and oxygen atoms in total. The van der Waals surface area contributed by atoms with Crippen LogP contribution < -0.4 is 4.74 Å². The minimum atomic E-state index is -1.56. The fourth-order valence-electron chi connectivity index (χ4n) is 1.23. The van der Waals surface area contributed by atoms with Gasteiger partial charge >= 0.3 is 5.97 Å². The zero-order chi connectivity index (χ0) is 12.7. The molecule has 94 valence electrons. The minimum Gasteiger partial charge on any atom is -0.462 e. The van der Waals surface area contributed by atoms with Crippen molar-refractivity contribution in [1.82, 2.24) is 0 Å². The van der Waals surface area contributed by atoms with E-state index in [2.05, 4.69) is 0 Å². The number of carbonyl (C=O) groups is 1. The Balaban J connectivity index is 2.81. The topological polar surface area (TPSA) is 35.5 Å². The Kier molecular flexibility index (Phi) is 5.59. The molecule has 5 heteroatoms. The van der Waals surface area contributed by atoms with Crippen LogP contribution in [0, 0.1) is 0 Å². The molecule has 0 saturated carbocycles. The Hall–Kier alpha value is -0.930. The first-order chi connectivity index (χ1) is 8.12. The van der Waals surface area contributed by atoms with Gasteiger partial charge in [-0.3, -0.25) is 0 Å². The average Bonchev–Trinajstić information content (AvgIpc) is 2.31. The van der Waals surface area contributed by atoms with Gasteiger partial charge in [0.05, 0.1) is 6.61 Å². The van der Waals surface area contributed by atoms with Crippen molar-refractivity contribution in [2.24, 2.45) is 0 Å². The predicted molar refractivity (Wildman–Crippen MR) is 67.6 cm³/mol. The quantitative estimate of drug-likeness (QED) is 0.591. The molecule has 1 unspecified atom stereocenters. The van der Waals surface area contributed by atoms with Crippen LogP contribution >= 0.6 is 23.2 Å². The molecule has 0 aliphatic rings. The summed E-state index contributed by atoms with van der Waals surface area (Å²) in [4.78, 5) is 11.7. The molecule has 0 N–H and O–H groups in total. The van der Waals surface area contributed by atoms with Gasteiger partial charge in [0, 0.05) is 12.3 Å². The van der Waals surface area contributed by atoms with Gasteiger partial charge in [-0.25, -0.2) is 4.79 Å². The van der Waals surface area contributed by atoms with Gasteiger partial charge in [0.25, 0.3) is 5.06 Å². The highest BCUT2D eigenvalue weighted by molar-refractivity contribution is 6.33. The number of esters is 1. The third-order valence-corrected chi connectivity index (χ3v) is 2.63. The van der Waals surface area contributed by atoms with E-state index in [1.165, 1.54) is 0 Å². The van der Waals surface area contributed by atoms with E-state index >= 15 is 0 Å². The minimum absolute atomic E-state index is 0.170. The largest absolute Gasteiger partial charge is 0.462 e. The van der Waals surface area contributed by atoms with Crippen LogP contribution in [0.25, 0.3) is 0 Å². The zero-order valence-corrected chi connectivity index (χ0v) is 11.0. The molecule has 0 aromatic heterocycles. The van der Waals surface area contributed by atoms with Crippen LogP contribution in [0.1, 0.15) is 13.3 Å². The molecule has 0 fully saturated rings. The number of ether oxygens (including phenoxy) is 2. The van der Waals surface area contributed by atoms with E-state index in [1.807, 2.05) is 6.07 Å². The summed E-state index contributed by atoms with van der Waals surface area (Å²) in [5.41, 5.74) is 0. The monoisotopic (exact) mass is 276 g/mol.